The quantitative estimate of drug-likeness (QED) is 0.559. The predicted octanol–water partition coefficient (Wildman–Crippen LogP) is 4.99. The summed E-state index contributed by atoms with van der Waals surface area (Å²) >= 11 is 0. The fourth-order valence-corrected chi connectivity index (χ4v) is 2.77. The van der Waals surface area contributed by atoms with Crippen molar-refractivity contribution in [3.8, 4) is 0 Å². The summed E-state index contributed by atoms with van der Waals surface area (Å²) in [6.07, 6.45) is 0. The van der Waals surface area contributed by atoms with E-state index >= 15 is 0 Å². The van der Waals surface area contributed by atoms with Crippen molar-refractivity contribution in [2.45, 2.75) is 13.1 Å². The maximum absolute atomic E-state index is 12.6. The van der Waals surface area contributed by atoms with E-state index in [4.69, 9.17) is 0 Å². The number of Topliss-reactive ketones (excluding diaryl/α,β-unsaturated/α-hetero) is 1. The number of nitrogens with zero attached hydrogens (tertiary/aromatic N) is 1. The average molecular weight is 352 g/mol. The van der Waals surface area contributed by atoms with Gasteiger partial charge in [-0.3, -0.25) is 9.69 Å². The van der Waals surface area contributed by atoms with Gasteiger partial charge in [-0.1, -0.05) is 91.0 Å². The van der Waals surface area contributed by atoms with Crippen molar-refractivity contribution in [1.82, 2.24) is 4.90 Å². The van der Waals surface area contributed by atoms with Gasteiger partial charge in [-0.05, 0) is 11.1 Å². The monoisotopic (exact) mass is 351 g/mol. The van der Waals surface area contributed by atoms with Gasteiger partial charge in [-0.15, -0.1) is 12.4 Å². The van der Waals surface area contributed by atoms with Gasteiger partial charge in [0.2, 0.25) is 0 Å². The molecule has 0 aliphatic heterocycles. The first-order valence-corrected chi connectivity index (χ1v) is 8.20. The van der Waals surface area contributed by atoms with Crippen LogP contribution in [0.2, 0.25) is 0 Å². The number of carbonyl (C=O) groups is 1. The van der Waals surface area contributed by atoms with Crippen molar-refractivity contribution in [2.75, 3.05) is 6.54 Å². The molecule has 3 aromatic rings. The highest BCUT2D eigenvalue weighted by Gasteiger charge is 2.13. The lowest BCUT2D eigenvalue weighted by Crippen LogP contribution is -2.29. The maximum atomic E-state index is 12.6. The minimum Gasteiger partial charge on any atom is -0.293 e. The molecular formula is C22H22ClNO. The third-order valence-electron chi connectivity index (χ3n) is 3.96. The lowest BCUT2D eigenvalue weighted by atomic mass is 10.1. The van der Waals surface area contributed by atoms with E-state index in [1.165, 1.54) is 11.1 Å². The number of benzene rings is 3. The Bertz CT molecular complexity index is 718. The second-order valence-corrected chi connectivity index (χ2v) is 5.91. The molecule has 25 heavy (non-hydrogen) atoms. The van der Waals surface area contributed by atoms with Crippen LogP contribution in [0.15, 0.2) is 91.0 Å². The summed E-state index contributed by atoms with van der Waals surface area (Å²) in [5.41, 5.74) is 3.20. The van der Waals surface area contributed by atoms with Crippen molar-refractivity contribution in [3.05, 3.63) is 108 Å². The summed E-state index contributed by atoms with van der Waals surface area (Å²) in [6.45, 7) is 1.93. The van der Waals surface area contributed by atoms with Gasteiger partial charge >= 0.3 is 0 Å². The zero-order chi connectivity index (χ0) is 16.6. The van der Waals surface area contributed by atoms with E-state index in [0.717, 1.165) is 18.7 Å². The fourth-order valence-electron chi connectivity index (χ4n) is 2.77. The van der Waals surface area contributed by atoms with Crippen molar-refractivity contribution < 1.29 is 4.79 Å². The Labute approximate surface area is 155 Å². The van der Waals surface area contributed by atoms with Crippen molar-refractivity contribution in [3.63, 3.8) is 0 Å². The molecule has 0 N–H and O–H groups in total. The van der Waals surface area contributed by atoms with Crippen LogP contribution in [-0.2, 0) is 13.1 Å². The molecule has 3 rings (SSSR count). The van der Waals surface area contributed by atoms with Crippen LogP contribution in [0.25, 0.3) is 0 Å². The summed E-state index contributed by atoms with van der Waals surface area (Å²) in [4.78, 5) is 14.8. The average Bonchev–Trinajstić information content (AvgIpc) is 2.64. The Morgan fingerprint density at radius 1 is 0.640 bits per heavy atom. The van der Waals surface area contributed by atoms with Gasteiger partial charge in [0.1, 0.15) is 0 Å². The van der Waals surface area contributed by atoms with Crippen LogP contribution in [0.1, 0.15) is 21.5 Å². The molecule has 0 heterocycles. The largest absolute Gasteiger partial charge is 0.293 e. The number of carbonyl (C=O) groups excluding carboxylic acids is 1. The first kappa shape index (κ1) is 18.9. The normalized spacial score (nSPS) is 10.3. The Hall–Kier alpha value is -2.42. The number of halogens is 1. The first-order valence-electron chi connectivity index (χ1n) is 8.20. The Morgan fingerprint density at radius 3 is 1.48 bits per heavy atom. The highest BCUT2D eigenvalue weighted by atomic mass is 35.5. The van der Waals surface area contributed by atoms with E-state index < -0.39 is 0 Å². The van der Waals surface area contributed by atoms with Gasteiger partial charge in [0.25, 0.3) is 0 Å². The molecule has 0 saturated carbocycles. The van der Waals surface area contributed by atoms with E-state index in [2.05, 4.69) is 29.2 Å². The second kappa shape index (κ2) is 9.77. The number of hydrogen-bond donors (Lipinski definition) is 0. The molecule has 0 spiro atoms. The zero-order valence-electron chi connectivity index (χ0n) is 14.0. The molecule has 0 fully saturated rings. The van der Waals surface area contributed by atoms with Gasteiger partial charge in [-0.2, -0.15) is 0 Å². The zero-order valence-corrected chi connectivity index (χ0v) is 14.9. The van der Waals surface area contributed by atoms with Crippen LogP contribution in [0.3, 0.4) is 0 Å². The molecule has 0 unspecified atom stereocenters. The molecular weight excluding hydrogens is 330 g/mol. The van der Waals surface area contributed by atoms with Crippen LogP contribution < -0.4 is 0 Å². The third kappa shape index (κ3) is 5.86. The van der Waals surface area contributed by atoms with E-state index in [-0.39, 0.29) is 18.2 Å². The second-order valence-electron chi connectivity index (χ2n) is 5.91. The first-order chi connectivity index (χ1) is 11.8. The lowest BCUT2D eigenvalue weighted by molar-refractivity contribution is 0.0920. The van der Waals surface area contributed by atoms with E-state index in [9.17, 15) is 4.79 Å². The van der Waals surface area contributed by atoms with Crippen LogP contribution in [0.4, 0.5) is 0 Å². The highest BCUT2D eigenvalue weighted by Crippen LogP contribution is 2.11. The molecule has 0 aliphatic carbocycles. The standard InChI is InChI=1S/C22H21NO.ClH/c24-22(21-14-8-3-9-15-21)18-23(16-19-10-4-1-5-11-19)17-20-12-6-2-7-13-20;/h1-15H,16-18H2;1H. The maximum Gasteiger partial charge on any atom is 0.176 e. The van der Waals surface area contributed by atoms with Crippen LogP contribution in [0.5, 0.6) is 0 Å². The molecule has 3 heteroatoms. The van der Waals surface area contributed by atoms with Crippen molar-refractivity contribution in [2.24, 2.45) is 0 Å². The van der Waals surface area contributed by atoms with Gasteiger partial charge in [-0.25, -0.2) is 0 Å². The molecule has 0 radical (unpaired) electrons. The van der Waals surface area contributed by atoms with Gasteiger partial charge in [0.05, 0.1) is 6.54 Å². The third-order valence-corrected chi connectivity index (χ3v) is 3.96. The molecule has 0 atom stereocenters. The van der Waals surface area contributed by atoms with Crippen LogP contribution >= 0.6 is 12.4 Å². The summed E-state index contributed by atoms with van der Waals surface area (Å²) in [7, 11) is 0. The van der Waals surface area contributed by atoms with Crippen LogP contribution in [0, 0.1) is 0 Å². The van der Waals surface area contributed by atoms with Crippen molar-refractivity contribution >= 4 is 18.2 Å². The molecule has 0 aromatic heterocycles. The fraction of sp³-hybridized carbons (Fsp3) is 0.136. The van der Waals surface area contributed by atoms with Gasteiger partial charge < -0.3 is 0 Å². The molecule has 0 aliphatic rings. The Kier molecular flexibility index (Phi) is 7.39. The smallest absolute Gasteiger partial charge is 0.176 e. The number of rotatable bonds is 7. The Balaban J connectivity index is 0.00000225. The van der Waals surface area contributed by atoms with E-state index in [1.54, 1.807) is 0 Å². The minimum atomic E-state index is 0. The molecule has 0 amide bonds. The van der Waals surface area contributed by atoms with E-state index in [0.29, 0.717) is 6.54 Å². The summed E-state index contributed by atoms with van der Waals surface area (Å²) in [5.74, 6) is 0.155. The molecule has 128 valence electrons. The van der Waals surface area contributed by atoms with Gasteiger partial charge in [0.15, 0.2) is 5.78 Å². The molecule has 3 aromatic carbocycles. The number of hydrogen-bond acceptors (Lipinski definition) is 2. The lowest BCUT2D eigenvalue weighted by Gasteiger charge is -2.22. The van der Waals surface area contributed by atoms with Crippen LogP contribution in [-0.4, -0.2) is 17.2 Å². The molecule has 2 nitrogen and oxygen atoms in total. The van der Waals surface area contributed by atoms with E-state index in [1.807, 2.05) is 66.7 Å². The Morgan fingerprint density at radius 2 is 1.04 bits per heavy atom. The minimum absolute atomic E-state index is 0. The topological polar surface area (TPSA) is 20.3 Å². The van der Waals surface area contributed by atoms with Gasteiger partial charge in [0, 0.05) is 18.7 Å². The molecule has 0 saturated heterocycles. The SMILES string of the molecule is Cl.O=C(CN(Cc1ccccc1)Cc1ccccc1)c1ccccc1. The predicted molar refractivity (Wildman–Crippen MR) is 105 cm³/mol. The molecule has 0 bridgehead atoms. The summed E-state index contributed by atoms with van der Waals surface area (Å²) < 4.78 is 0. The summed E-state index contributed by atoms with van der Waals surface area (Å²) in [6, 6.07) is 30.1. The highest BCUT2D eigenvalue weighted by molar-refractivity contribution is 5.97. The summed E-state index contributed by atoms with van der Waals surface area (Å²) in [5, 5.41) is 0. The number of ketones is 1. The van der Waals surface area contributed by atoms with Crippen molar-refractivity contribution in [1.29, 1.82) is 0 Å².